The van der Waals surface area contributed by atoms with Crippen LogP contribution in [0.3, 0.4) is 0 Å². The first-order valence-electron chi connectivity index (χ1n) is 4.61. The minimum absolute atomic E-state index is 0.258. The summed E-state index contributed by atoms with van der Waals surface area (Å²) in [6.45, 7) is 1.60. The summed E-state index contributed by atoms with van der Waals surface area (Å²) in [5.74, 6) is 0.304. The van der Waals surface area contributed by atoms with E-state index in [-0.39, 0.29) is 5.56 Å². The number of H-pyrrole nitrogens is 1. The van der Waals surface area contributed by atoms with Crippen LogP contribution in [0.15, 0.2) is 29.1 Å². The van der Waals surface area contributed by atoms with E-state index in [1.165, 1.54) is 0 Å². The zero-order valence-electron chi connectivity index (χ0n) is 8.49. The van der Waals surface area contributed by atoms with Gasteiger partial charge in [-0.15, -0.1) is 10.2 Å². The van der Waals surface area contributed by atoms with Gasteiger partial charge in [-0.3, -0.25) is 9.78 Å². The van der Waals surface area contributed by atoms with Crippen molar-refractivity contribution in [3.8, 4) is 0 Å². The maximum absolute atomic E-state index is 11.3. The third kappa shape index (κ3) is 2.38. The standard InChI is InChI=1S/C10H9ClN4O/c1-6-9(16)13-10(15-14-6)12-8-4-2-7(11)3-5-8/h2-5H,1H3,(H2,12,13,15,16). The van der Waals surface area contributed by atoms with E-state index in [1.54, 1.807) is 31.2 Å². The molecule has 0 amide bonds. The SMILES string of the molecule is Cc1nnc(Nc2ccc(Cl)cc2)[nH]c1=O. The number of rotatable bonds is 2. The van der Waals surface area contributed by atoms with Gasteiger partial charge in [-0.1, -0.05) is 11.6 Å². The molecule has 1 heterocycles. The summed E-state index contributed by atoms with van der Waals surface area (Å²) in [4.78, 5) is 13.8. The summed E-state index contributed by atoms with van der Waals surface area (Å²) in [7, 11) is 0. The van der Waals surface area contributed by atoms with E-state index in [0.717, 1.165) is 5.69 Å². The molecule has 1 aromatic carbocycles. The summed E-state index contributed by atoms with van der Waals surface area (Å²) >= 11 is 5.75. The lowest BCUT2D eigenvalue weighted by Crippen LogP contribution is -2.15. The van der Waals surface area contributed by atoms with Gasteiger partial charge in [0.05, 0.1) is 0 Å². The maximum atomic E-state index is 11.3. The molecule has 0 spiro atoms. The first-order valence-corrected chi connectivity index (χ1v) is 4.99. The molecular formula is C10H9ClN4O. The molecular weight excluding hydrogens is 228 g/mol. The van der Waals surface area contributed by atoms with Crippen molar-refractivity contribution < 1.29 is 0 Å². The Morgan fingerprint density at radius 1 is 1.25 bits per heavy atom. The highest BCUT2D eigenvalue weighted by Gasteiger charge is 2.00. The van der Waals surface area contributed by atoms with Crippen molar-refractivity contribution >= 4 is 23.2 Å². The molecule has 82 valence electrons. The van der Waals surface area contributed by atoms with Gasteiger partial charge in [-0.25, -0.2) is 0 Å². The highest BCUT2D eigenvalue weighted by atomic mass is 35.5. The van der Waals surface area contributed by atoms with Crippen LogP contribution in [0.4, 0.5) is 11.6 Å². The van der Waals surface area contributed by atoms with E-state index in [2.05, 4.69) is 20.5 Å². The Kier molecular flexibility index (Phi) is 2.87. The monoisotopic (exact) mass is 236 g/mol. The minimum atomic E-state index is -0.258. The number of aromatic amines is 1. The largest absolute Gasteiger partial charge is 0.324 e. The molecule has 0 atom stereocenters. The number of anilines is 2. The predicted molar refractivity (Wildman–Crippen MR) is 62.1 cm³/mol. The van der Waals surface area contributed by atoms with Crippen molar-refractivity contribution in [1.29, 1.82) is 0 Å². The quantitative estimate of drug-likeness (QED) is 0.835. The first kappa shape index (κ1) is 10.6. The fourth-order valence-electron chi connectivity index (χ4n) is 1.12. The van der Waals surface area contributed by atoms with Crippen LogP contribution >= 0.6 is 11.6 Å². The molecule has 0 bridgehead atoms. The van der Waals surface area contributed by atoms with Gasteiger partial charge < -0.3 is 5.32 Å². The zero-order chi connectivity index (χ0) is 11.5. The predicted octanol–water partition coefficient (Wildman–Crippen LogP) is 1.87. The second-order valence-electron chi connectivity index (χ2n) is 3.22. The Morgan fingerprint density at radius 3 is 2.56 bits per heavy atom. The van der Waals surface area contributed by atoms with Gasteiger partial charge in [0.15, 0.2) is 0 Å². The number of aromatic nitrogens is 3. The van der Waals surface area contributed by atoms with Crippen LogP contribution in [0.1, 0.15) is 5.69 Å². The normalized spacial score (nSPS) is 10.1. The Morgan fingerprint density at radius 2 is 1.94 bits per heavy atom. The van der Waals surface area contributed by atoms with Crippen molar-refractivity contribution in [3.05, 3.63) is 45.3 Å². The van der Waals surface area contributed by atoms with E-state index in [1.807, 2.05) is 0 Å². The molecule has 2 rings (SSSR count). The van der Waals surface area contributed by atoms with Crippen LogP contribution in [-0.4, -0.2) is 15.2 Å². The highest BCUT2D eigenvalue weighted by Crippen LogP contribution is 2.15. The van der Waals surface area contributed by atoms with Crippen molar-refractivity contribution in [2.24, 2.45) is 0 Å². The van der Waals surface area contributed by atoms with Crippen LogP contribution in [0, 0.1) is 6.92 Å². The van der Waals surface area contributed by atoms with Gasteiger partial charge in [0, 0.05) is 10.7 Å². The number of benzene rings is 1. The molecule has 6 heteroatoms. The van der Waals surface area contributed by atoms with E-state index in [0.29, 0.717) is 16.7 Å². The van der Waals surface area contributed by atoms with Crippen molar-refractivity contribution in [3.63, 3.8) is 0 Å². The molecule has 0 aliphatic rings. The van der Waals surface area contributed by atoms with Crippen molar-refractivity contribution in [2.75, 3.05) is 5.32 Å². The molecule has 5 nitrogen and oxygen atoms in total. The fraction of sp³-hybridized carbons (Fsp3) is 0.100. The van der Waals surface area contributed by atoms with E-state index in [9.17, 15) is 4.79 Å². The van der Waals surface area contributed by atoms with Gasteiger partial charge in [-0.2, -0.15) is 0 Å². The lowest BCUT2D eigenvalue weighted by Gasteiger charge is -2.04. The number of hydrogen-bond acceptors (Lipinski definition) is 4. The minimum Gasteiger partial charge on any atom is -0.324 e. The zero-order valence-corrected chi connectivity index (χ0v) is 9.25. The van der Waals surface area contributed by atoms with Gasteiger partial charge in [0.1, 0.15) is 5.69 Å². The second-order valence-corrected chi connectivity index (χ2v) is 3.66. The molecule has 0 fully saturated rings. The molecule has 2 N–H and O–H groups in total. The molecule has 0 aliphatic carbocycles. The molecule has 2 aromatic rings. The highest BCUT2D eigenvalue weighted by molar-refractivity contribution is 6.30. The number of hydrogen-bond donors (Lipinski definition) is 2. The van der Waals surface area contributed by atoms with Crippen LogP contribution in [0.5, 0.6) is 0 Å². The van der Waals surface area contributed by atoms with E-state index in [4.69, 9.17) is 11.6 Å². The van der Waals surface area contributed by atoms with E-state index >= 15 is 0 Å². The van der Waals surface area contributed by atoms with Crippen molar-refractivity contribution in [1.82, 2.24) is 15.2 Å². The summed E-state index contributed by atoms with van der Waals surface area (Å²) in [6, 6.07) is 7.04. The Hall–Kier alpha value is -1.88. The summed E-state index contributed by atoms with van der Waals surface area (Å²) in [6.07, 6.45) is 0. The van der Waals surface area contributed by atoms with Gasteiger partial charge in [0.2, 0.25) is 5.95 Å². The number of nitrogens with zero attached hydrogens (tertiary/aromatic N) is 2. The summed E-state index contributed by atoms with van der Waals surface area (Å²) < 4.78 is 0. The molecule has 0 aliphatic heterocycles. The molecule has 1 aromatic heterocycles. The lowest BCUT2D eigenvalue weighted by atomic mass is 10.3. The molecule has 0 saturated heterocycles. The van der Waals surface area contributed by atoms with E-state index < -0.39 is 0 Å². The smallest absolute Gasteiger partial charge is 0.273 e. The third-order valence-electron chi connectivity index (χ3n) is 1.97. The Bertz CT molecular complexity index is 549. The maximum Gasteiger partial charge on any atom is 0.273 e. The molecule has 0 saturated carbocycles. The lowest BCUT2D eigenvalue weighted by molar-refractivity contribution is 0.908. The van der Waals surface area contributed by atoms with Gasteiger partial charge in [0.25, 0.3) is 5.56 Å². The van der Waals surface area contributed by atoms with Gasteiger partial charge in [-0.05, 0) is 31.2 Å². The molecule has 0 radical (unpaired) electrons. The summed E-state index contributed by atoms with van der Waals surface area (Å²) in [5, 5.41) is 11.1. The van der Waals surface area contributed by atoms with Crippen LogP contribution < -0.4 is 10.9 Å². The third-order valence-corrected chi connectivity index (χ3v) is 2.22. The average molecular weight is 237 g/mol. The van der Waals surface area contributed by atoms with Crippen LogP contribution in [0.2, 0.25) is 5.02 Å². The van der Waals surface area contributed by atoms with Crippen LogP contribution in [0.25, 0.3) is 0 Å². The number of aryl methyl sites for hydroxylation is 1. The Balaban J connectivity index is 2.24. The average Bonchev–Trinajstić information content (AvgIpc) is 2.27. The molecule has 0 unspecified atom stereocenters. The Labute approximate surface area is 96.5 Å². The second kappa shape index (κ2) is 4.32. The summed E-state index contributed by atoms with van der Waals surface area (Å²) in [5.41, 5.74) is 0.853. The number of nitrogens with one attached hydrogen (secondary N) is 2. The fourth-order valence-corrected chi connectivity index (χ4v) is 1.25. The molecule has 16 heavy (non-hydrogen) atoms. The first-order chi connectivity index (χ1) is 7.65. The van der Waals surface area contributed by atoms with Crippen LogP contribution in [-0.2, 0) is 0 Å². The van der Waals surface area contributed by atoms with Gasteiger partial charge >= 0.3 is 0 Å². The number of halogens is 1. The van der Waals surface area contributed by atoms with Crippen molar-refractivity contribution in [2.45, 2.75) is 6.92 Å². The topological polar surface area (TPSA) is 70.7 Å².